The zero-order valence-corrected chi connectivity index (χ0v) is 14.2. The number of hydrogen-bond donors (Lipinski definition) is 2. The maximum absolute atomic E-state index is 12.0. The topological polar surface area (TPSA) is 102 Å². The van der Waals surface area contributed by atoms with Gasteiger partial charge < -0.3 is 15.2 Å². The number of rotatable bonds is 3. The minimum Gasteiger partial charge on any atom is -0.395 e. The summed E-state index contributed by atoms with van der Waals surface area (Å²) in [6, 6.07) is 0. The van der Waals surface area contributed by atoms with E-state index in [1.807, 2.05) is 0 Å². The normalized spacial score (nSPS) is 16.5. The molecule has 0 atom stereocenters. The number of aromatic nitrogens is 4. The summed E-state index contributed by atoms with van der Waals surface area (Å²) in [5.41, 5.74) is 1.57. The first kappa shape index (κ1) is 15.4. The van der Waals surface area contributed by atoms with Crippen molar-refractivity contribution in [3.8, 4) is 0 Å². The van der Waals surface area contributed by atoms with Gasteiger partial charge in [-0.05, 0) is 19.4 Å². The number of ether oxygens (including phenoxy) is 1. The van der Waals surface area contributed by atoms with Crippen LogP contribution >= 0.6 is 11.3 Å². The molecule has 0 unspecified atom stereocenters. The highest BCUT2D eigenvalue weighted by Crippen LogP contribution is 2.39. The number of fused-ring (bicyclic) bond motifs is 5. The average Bonchev–Trinajstić information content (AvgIpc) is 3.12. The number of nitrogens with one attached hydrogen (secondary N) is 1. The lowest BCUT2D eigenvalue weighted by atomic mass is 9.94. The number of carbonyl (C=O) groups excluding carboxylic acids is 1. The smallest absolute Gasteiger partial charge is 0.291 e. The number of carbonyl (C=O) groups is 1. The molecule has 0 saturated heterocycles. The summed E-state index contributed by atoms with van der Waals surface area (Å²) < 4.78 is 7.41. The Morgan fingerprint density at radius 3 is 3.17 bits per heavy atom. The second kappa shape index (κ2) is 5.47. The predicted octanol–water partition coefficient (Wildman–Crippen LogP) is 0.912. The van der Waals surface area contributed by atoms with E-state index in [0.717, 1.165) is 21.5 Å². The number of thiophene rings is 1. The third-order valence-electron chi connectivity index (χ3n) is 4.01. The minimum atomic E-state index is -0.409. The molecule has 9 heteroatoms. The van der Waals surface area contributed by atoms with Gasteiger partial charge in [0.25, 0.3) is 5.91 Å². The Morgan fingerprint density at radius 1 is 1.54 bits per heavy atom. The fourth-order valence-corrected chi connectivity index (χ4v) is 3.95. The highest BCUT2D eigenvalue weighted by atomic mass is 32.1. The van der Waals surface area contributed by atoms with Crippen LogP contribution in [0.3, 0.4) is 0 Å². The summed E-state index contributed by atoms with van der Waals surface area (Å²) in [6.45, 7) is 4.72. The Morgan fingerprint density at radius 2 is 2.38 bits per heavy atom. The molecule has 0 spiro atoms. The second-order valence-corrected chi connectivity index (χ2v) is 7.42. The summed E-state index contributed by atoms with van der Waals surface area (Å²) in [5, 5.41) is 16.5. The molecule has 126 valence electrons. The molecule has 2 N–H and O–H groups in total. The standard InChI is InChI=1S/C15H17N5O3S/c1-15(2)5-8-9(6-23-15)24-14-10(8)12-18-11(13(22)16-3-4-21)19-20(12)7-17-14/h7,21H,3-6H2,1-2H3,(H,16,22). The van der Waals surface area contributed by atoms with Gasteiger partial charge in [0.15, 0.2) is 5.65 Å². The molecule has 0 fully saturated rings. The van der Waals surface area contributed by atoms with Crippen molar-refractivity contribution in [3.63, 3.8) is 0 Å². The molecule has 0 saturated carbocycles. The van der Waals surface area contributed by atoms with Crippen LogP contribution in [0, 0.1) is 0 Å². The summed E-state index contributed by atoms with van der Waals surface area (Å²) in [4.78, 5) is 22.9. The SMILES string of the molecule is CC1(C)Cc2c(sc3ncn4nc(C(=O)NCCO)nc4c23)CO1. The molecule has 8 nitrogen and oxygen atoms in total. The third-order valence-corrected chi connectivity index (χ3v) is 5.12. The molecule has 3 aromatic rings. The summed E-state index contributed by atoms with van der Waals surface area (Å²) >= 11 is 1.60. The Balaban J connectivity index is 1.86. The fourth-order valence-electron chi connectivity index (χ4n) is 2.89. The summed E-state index contributed by atoms with van der Waals surface area (Å²) in [5.74, 6) is -0.335. The molecule has 0 radical (unpaired) electrons. The lowest BCUT2D eigenvalue weighted by molar-refractivity contribution is -0.0379. The first-order chi connectivity index (χ1) is 11.5. The van der Waals surface area contributed by atoms with E-state index in [-0.39, 0.29) is 24.6 Å². The number of nitrogens with zero attached hydrogens (tertiary/aromatic N) is 4. The number of aliphatic hydroxyl groups excluding tert-OH is 1. The molecular weight excluding hydrogens is 330 g/mol. The molecule has 1 aliphatic heterocycles. The Labute approximate surface area is 141 Å². The van der Waals surface area contributed by atoms with Crippen molar-refractivity contribution in [3.05, 3.63) is 22.6 Å². The Hall–Kier alpha value is -2.10. The van der Waals surface area contributed by atoms with Gasteiger partial charge in [-0.2, -0.15) is 0 Å². The largest absolute Gasteiger partial charge is 0.395 e. The van der Waals surface area contributed by atoms with E-state index >= 15 is 0 Å². The van der Waals surface area contributed by atoms with Crippen LogP contribution in [0.25, 0.3) is 15.9 Å². The maximum atomic E-state index is 12.0. The van der Waals surface area contributed by atoms with Gasteiger partial charge in [0, 0.05) is 17.8 Å². The van der Waals surface area contributed by atoms with E-state index in [4.69, 9.17) is 9.84 Å². The molecule has 24 heavy (non-hydrogen) atoms. The van der Waals surface area contributed by atoms with Crippen LogP contribution in [0.1, 0.15) is 34.9 Å². The summed E-state index contributed by atoms with van der Waals surface area (Å²) in [7, 11) is 0. The highest BCUT2D eigenvalue weighted by molar-refractivity contribution is 7.19. The van der Waals surface area contributed by atoms with Gasteiger partial charge in [0.2, 0.25) is 5.82 Å². The highest BCUT2D eigenvalue weighted by Gasteiger charge is 2.31. The average molecular weight is 347 g/mol. The zero-order chi connectivity index (χ0) is 16.9. The van der Waals surface area contributed by atoms with Gasteiger partial charge in [0.1, 0.15) is 11.2 Å². The second-order valence-electron chi connectivity index (χ2n) is 6.34. The van der Waals surface area contributed by atoms with Gasteiger partial charge >= 0.3 is 0 Å². The van der Waals surface area contributed by atoms with Crippen LogP contribution < -0.4 is 5.32 Å². The van der Waals surface area contributed by atoms with Gasteiger partial charge in [-0.1, -0.05) is 0 Å². The van der Waals surface area contributed by atoms with Gasteiger partial charge in [-0.15, -0.1) is 16.4 Å². The van der Waals surface area contributed by atoms with Crippen molar-refractivity contribution >= 4 is 33.1 Å². The molecule has 0 aliphatic carbocycles. The van der Waals surface area contributed by atoms with E-state index < -0.39 is 5.91 Å². The fraction of sp³-hybridized carbons (Fsp3) is 0.467. The number of hydrogen-bond acceptors (Lipinski definition) is 7. The maximum Gasteiger partial charge on any atom is 0.291 e. The minimum absolute atomic E-state index is 0.0732. The number of amides is 1. The molecule has 3 aromatic heterocycles. The van der Waals surface area contributed by atoms with E-state index in [9.17, 15) is 4.79 Å². The molecule has 0 aromatic carbocycles. The van der Waals surface area contributed by atoms with Crippen LogP contribution in [0.5, 0.6) is 0 Å². The molecule has 4 heterocycles. The van der Waals surface area contributed by atoms with Crippen molar-refractivity contribution < 1.29 is 14.6 Å². The van der Waals surface area contributed by atoms with Crippen LogP contribution in [-0.4, -0.2) is 49.3 Å². The van der Waals surface area contributed by atoms with Crippen molar-refractivity contribution in [2.75, 3.05) is 13.2 Å². The van der Waals surface area contributed by atoms with Crippen LogP contribution in [0.2, 0.25) is 0 Å². The van der Waals surface area contributed by atoms with Gasteiger partial charge in [-0.25, -0.2) is 14.5 Å². The monoisotopic (exact) mass is 347 g/mol. The Kier molecular flexibility index (Phi) is 3.52. The van der Waals surface area contributed by atoms with Gasteiger partial charge in [0.05, 0.1) is 24.2 Å². The van der Waals surface area contributed by atoms with Crippen LogP contribution in [0.4, 0.5) is 0 Å². The van der Waals surface area contributed by atoms with E-state index in [1.54, 1.807) is 17.7 Å². The molecule has 1 aliphatic rings. The van der Waals surface area contributed by atoms with E-state index in [0.29, 0.717) is 12.3 Å². The van der Waals surface area contributed by atoms with Gasteiger partial charge in [-0.3, -0.25) is 4.79 Å². The molecular formula is C15H17N5O3S. The molecule has 1 amide bonds. The van der Waals surface area contributed by atoms with E-state index in [2.05, 4.69) is 34.2 Å². The van der Waals surface area contributed by atoms with Crippen molar-refractivity contribution in [1.29, 1.82) is 0 Å². The van der Waals surface area contributed by atoms with Crippen LogP contribution in [0.15, 0.2) is 6.33 Å². The lowest BCUT2D eigenvalue weighted by Crippen LogP contribution is -2.31. The predicted molar refractivity (Wildman–Crippen MR) is 88.2 cm³/mol. The third kappa shape index (κ3) is 2.45. The first-order valence-electron chi connectivity index (χ1n) is 7.67. The molecule has 0 bridgehead atoms. The lowest BCUT2D eigenvalue weighted by Gasteiger charge is -2.30. The zero-order valence-electron chi connectivity index (χ0n) is 13.4. The quantitative estimate of drug-likeness (QED) is 0.730. The van der Waals surface area contributed by atoms with Crippen molar-refractivity contribution in [2.45, 2.75) is 32.5 Å². The Bertz CT molecular complexity index is 946. The van der Waals surface area contributed by atoms with E-state index in [1.165, 1.54) is 10.1 Å². The van der Waals surface area contributed by atoms with Crippen molar-refractivity contribution in [2.24, 2.45) is 0 Å². The molecule has 4 rings (SSSR count). The first-order valence-corrected chi connectivity index (χ1v) is 8.49. The van der Waals surface area contributed by atoms with Crippen molar-refractivity contribution in [1.82, 2.24) is 24.9 Å². The number of aliphatic hydroxyl groups is 1. The van der Waals surface area contributed by atoms with Crippen LogP contribution in [-0.2, 0) is 17.8 Å². The summed E-state index contributed by atoms with van der Waals surface area (Å²) in [6.07, 6.45) is 2.34.